The second kappa shape index (κ2) is 7.36. The molecule has 0 saturated carbocycles. The third kappa shape index (κ3) is 4.38. The molecule has 7 nitrogen and oxygen atoms in total. The maximum Gasteiger partial charge on any atom is 0.442 e. The molecule has 0 spiro atoms. The van der Waals surface area contributed by atoms with E-state index in [1.165, 1.54) is 18.3 Å². The summed E-state index contributed by atoms with van der Waals surface area (Å²) in [5.41, 5.74) is -3.57. The van der Waals surface area contributed by atoms with Gasteiger partial charge in [0.25, 0.3) is 0 Å². The van der Waals surface area contributed by atoms with Crippen molar-refractivity contribution in [2.45, 2.75) is 18.8 Å². The van der Waals surface area contributed by atoms with Gasteiger partial charge in [-0.25, -0.2) is 14.6 Å². The minimum atomic E-state index is -5.26. The molecular formula is C12H13ClF3N3O4. The van der Waals surface area contributed by atoms with Crippen LogP contribution < -0.4 is 10.6 Å². The van der Waals surface area contributed by atoms with E-state index in [0.717, 1.165) is 19.4 Å². The third-order valence-corrected chi connectivity index (χ3v) is 2.75. The molecule has 11 heteroatoms. The zero-order valence-electron chi connectivity index (χ0n) is 12.0. The molecule has 0 radical (unpaired) electrons. The molecule has 1 atom stereocenters. The van der Waals surface area contributed by atoms with E-state index < -0.39 is 23.9 Å². The van der Waals surface area contributed by atoms with Crippen molar-refractivity contribution < 1.29 is 32.2 Å². The number of halogens is 4. The topological polar surface area (TPSA) is 89.5 Å². The Kier molecular flexibility index (Phi) is 6.02. The third-order valence-electron chi connectivity index (χ3n) is 2.52. The van der Waals surface area contributed by atoms with Gasteiger partial charge in [0.1, 0.15) is 5.82 Å². The lowest BCUT2D eigenvalue weighted by molar-refractivity contribution is -0.203. The van der Waals surface area contributed by atoms with Crippen LogP contribution in [0.2, 0.25) is 5.02 Å². The van der Waals surface area contributed by atoms with Crippen molar-refractivity contribution in [1.29, 1.82) is 0 Å². The Morgan fingerprint density at radius 3 is 2.43 bits per heavy atom. The Bertz CT molecular complexity index is 568. The smallest absolute Gasteiger partial charge is 0.442 e. The molecule has 128 valence electrons. The molecule has 0 fully saturated rings. The summed E-state index contributed by atoms with van der Waals surface area (Å²) in [5, 5.41) is 3.43. The zero-order valence-corrected chi connectivity index (χ0v) is 12.8. The van der Waals surface area contributed by atoms with Gasteiger partial charge in [0.05, 0.1) is 18.7 Å². The number of hydrogen-bond donors (Lipinski definition) is 2. The summed E-state index contributed by atoms with van der Waals surface area (Å²) < 4.78 is 49.0. The summed E-state index contributed by atoms with van der Waals surface area (Å²) in [6.45, 7) is 1.20. The highest BCUT2D eigenvalue weighted by Crippen LogP contribution is 2.32. The van der Waals surface area contributed by atoms with Crippen LogP contribution in [0.15, 0.2) is 18.3 Å². The van der Waals surface area contributed by atoms with Gasteiger partial charge in [0.2, 0.25) is 0 Å². The quantitative estimate of drug-likeness (QED) is 0.622. The van der Waals surface area contributed by atoms with Gasteiger partial charge >= 0.3 is 23.9 Å². The maximum atomic E-state index is 13.5. The molecule has 0 aliphatic rings. The van der Waals surface area contributed by atoms with Crippen LogP contribution in [-0.4, -0.2) is 42.6 Å². The van der Waals surface area contributed by atoms with Gasteiger partial charge in [-0.2, -0.15) is 13.2 Å². The number of alkyl halides is 3. The van der Waals surface area contributed by atoms with Gasteiger partial charge < -0.3 is 14.8 Å². The number of esters is 1. The van der Waals surface area contributed by atoms with Crippen molar-refractivity contribution in [3.05, 3.63) is 23.4 Å². The highest BCUT2D eigenvalue weighted by atomic mass is 35.5. The molecule has 1 heterocycles. The lowest BCUT2D eigenvalue weighted by atomic mass is 10.1. The molecule has 1 rings (SSSR count). The van der Waals surface area contributed by atoms with Gasteiger partial charge in [-0.1, -0.05) is 11.6 Å². The van der Waals surface area contributed by atoms with Crippen molar-refractivity contribution >= 4 is 29.5 Å². The molecule has 1 amide bonds. The number of carbonyl (C=O) groups is 2. The second-order valence-electron chi connectivity index (χ2n) is 4.07. The zero-order chi connectivity index (χ0) is 17.7. The average Bonchev–Trinajstić information content (AvgIpc) is 2.47. The fraction of sp³-hybridized carbons (Fsp3) is 0.417. The first-order chi connectivity index (χ1) is 10.7. The van der Waals surface area contributed by atoms with Gasteiger partial charge in [-0.3, -0.25) is 5.32 Å². The van der Waals surface area contributed by atoms with E-state index in [9.17, 15) is 22.8 Å². The van der Waals surface area contributed by atoms with Crippen LogP contribution in [0.25, 0.3) is 0 Å². The number of amides is 1. The average molecular weight is 356 g/mol. The molecule has 0 bridgehead atoms. The predicted octanol–water partition coefficient (Wildman–Crippen LogP) is 2.32. The normalized spacial score (nSPS) is 13.7. The molecular weight excluding hydrogens is 343 g/mol. The molecule has 2 N–H and O–H groups in total. The SMILES string of the molecule is CCOC(=O)N[C@](Nc1ccc(Cl)cn1)(C(=O)OC)C(F)(F)F. The largest absolute Gasteiger partial charge is 0.466 e. The van der Waals surface area contributed by atoms with Gasteiger partial charge in [-0.15, -0.1) is 0 Å². The van der Waals surface area contributed by atoms with Gasteiger partial charge in [0.15, 0.2) is 0 Å². The van der Waals surface area contributed by atoms with Crippen molar-refractivity contribution in [1.82, 2.24) is 10.3 Å². The summed E-state index contributed by atoms with van der Waals surface area (Å²) in [4.78, 5) is 26.8. The summed E-state index contributed by atoms with van der Waals surface area (Å²) >= 11 is 5.59. The number of aromatic nitrogens is 1. The van der Waals surface area contributed by atoms with Gasteiger partial charge in [0, 0.05) is 6.20 Å². The van der Waals surface area contributed by atoms with Gasteiger partial charge in [-0.05, 0) is 19.1 Å². The minimum absolute atomic E-state index is 0.171. The fourth-order valence-corrected chi connectivity index (χ4v) is 1.62. The number of nitrogens with one attached hydrogen (secondary N) is 2. The van der Waals surface area contributed by atoms with E-state index in [0.29, 0.717) is 0 Å². The molecule has 0 aliphatic heterocycles. The number of hydrogen-bond acceptors (Lipinski definition) is 6. The van der Waals surface area contributed by atoms with E-state index in [1.54, 1.807) is 0 Å². The van der Waals surface area contributed by atoms with Crippen LogP contribution in [0, 0.1) is 0 Å². The van der Waals surface area contributed by atoms with Crippen molar-refractivity contribution in [2.75, 3.05) is 19.0 Å². The number of nitrogens with zero attached hydrogens (tertiary/aromatic N) is 1. The summed E-state index contributed by atoms with van der Waals surface area (Å²) in [7, 11) is 0.743. The Balaban J connectivity index is 3.28. The monoisotopic (exact) mass is 355 g/mol. The van der Waals surface area contributed by atoms with Crippen LogP contribution in [0.1, 0.15) is 6.92 Å². The Labute approximate surface area is 134 Å². The van der Waals surface area contributed by atoms with E-state index in [1.807, 2.05) is 5.32 Å². The predicted molar refractivity (Wildman–Crippen MR) is 73.8 cm³/mol. The molecule has 23 heavy (non-hydrogen) atoms. The summed E-state index contributed by atoms with van der Waals surface area (Å²) in [5.74, 6) is -2.16. The lowest BCUT2D eigenvalue weighted by Gasteiger charge is -2.34. The number of rotatable bonds is 5. The second-order valence-corrected chi connectivity index (χ2v) is 4.51. The van der Waals surface area contributed by atoms with Crippen LogP contribution >= 0.6 is 11.6 Å². The molecule has 1 aromatic rings. The summed E-state index contributed by atoms with van der Waals surface area (Å²) in [6.07, 6.45) is -5.66. The first-order valence-corrected chi connectivity index (χ1v) is 6.54. The molecule has 0 unspecified atom stereocenters. The minimum Gasteiger partial charge on any atom is -0.466 e. The molecule has 0 aromatic carbocycles. The van der Waals surface area contributed by atoms with E-state index in [2.05, 4.69) is 14.5 Å². The van der Waals surface area contributed by atoms with Crippen LogP contribution in [-0.2, 0) is 14.3 Å². The standard InChI is InChI=1S/C12H13ClF3N3O4/c1-3-23-10(21)19-11(9(20)22-2,12(14,15)16)18-8-5-4-7(13)6-17-8/h4-6H,3H2,1-2H3,(H,17,18)(H,19,21)/t11-/m1/s1. The number of methoxy groups -OCH3 is 1. The maximum absolute atomic E-state index is 13.5. The van der Waals surface area contributed by atoms with Crippen molar-refractivity contribution in [2.24, 2.45) is 0 Å². The number of carbonyl (C=O) groups excluding carboxylic acids is 2. The van der Waals surface area contributed by atoms with Crippen molar-refractivity contribution in [3.8, 4) is 0 Å². The summed E-state index contributed by atoms with van der Waals surface area (Å²) in [6, 6.07) is 2.35. The Morgan fingerprint density at radius 1 is 1.35 bits per heavy atom. The number of ether oxygens (including phenoxy) is 2. The first-order valence-electron chi connectivity index (χ1n) is 6.16. The van der Waals surface area contributed by atoms with Crippen LogP contribution in [0.3, 0.4) is 0 Å². The highest BCUT2D eigenvalue weighted by molar-refractivity contribution is 6.30. The van der Waals surface area contributed by atoms with E-state index in [-0.39, 0.29) is 17.4 Å². The Hall–Kier alpha value is -2.23. The number of pyridine rings is 1. The van der Waals surface area contributed by atoms with E-state index in [4.69, 9.17) is 11.6 Å². The number of alkyl carbamates (subject to hydrolysis) is 1. The number of anilines is 1. The van der Waals surface area contributed by atoms with Crippen molar-refractivity contribution in [3.63, 3.8) is 0 Å². The van der Waals surface area contributed by atoms with Crippen LogP contribution in [0.4, 0.5) is 23.8 Å². The first kappa shape index (κ1) is 18.8. The Morgan fingerprint density at radius 2 is 2.00 bits per heavy atom. The van der Waals surface area contributed by atoms with Crippen LogP contribution in [0.5, 0.6) is 0 Å². The molecule has 0 saturated heterocycles. The molecule has 0 aliphatic carbocycles. The highest BCUT2D eigenvalue weighted by Gasteiger charge is 2.64. The molecule has 1 aromatic heterocycles. The van der Waals surface area contributed by atoms with E-state index >= 15 is 0 Å². The lowest BCUT2D eigenvalue weighted by Crippen LogP contribution is -2.69. The fourth-order valence-electron chi connectivity index (χ4n) is 1.51.